The summed E-state index contributed by atoms with van der Waals surface area (Å²) in [7, 11) is 0. The van der Waals surface area contributed by atoms with E-state index in [4.69, 9.17) is 0 Å². The molecule has 4 nitrogen and oxygen atoms in total. The van der Waals surface area contributed by atoms with Crippen molar-refractivity contribution in [2.24, 2.45) is 5.92 Å². The SMILES string of the molecule is CCC(CC)N1CC(C(=O)Nc2cccc(C)c2)CC1=O. The molecule has 0 aliphatic carbocycles. The summed E-state index contributed by atoms with van der Waals surface area (Å²) < 4.78 is 0. The first-order valence-electron chi connectivity index (χ1n) is 7.72. The van der Waals surface area contributed by atoms with Crippen LogP contribution in [0.1, 0.15) is 38.7 Å². The molecule has 0 aromatic heterocycles. The van der Waals surface area contributed by atoms with Gasteiger partial charge in [0.1, 0.15) is 0 Å². The maximum Gasteiger partial charge on any atom is 0.229 e. The third-order valence-corrected chi connectivity index (χ3v) is 4.20. The van der Waals surface area contributed by atoms with E-state index in [1.165, 1.54) is 0 Å². The number of nitrogens with one attached hydrogen (secondary N) is 1. The van der Waals surface area contributed by atoms with Gasteiger partial charge in [-0.05, 0) is 37.5 Å². The van der Waals surface area contributed by atoms with E-state index in [-0.39, 0.29) is 23.8 Å². The number of nitrogens with zero attached hydrogens (tertiary/aromatic N) is 1. The molecule has 0 spiro atoms. The lowest BCUT2D eigenvalue weighted by molar-refractivity contribution is -0.130. The van der Waals surface area contributed by atoms with E-state index in [2.05, 4.69) is 19.2 Å². The minimum absolute atomic E-state index is 0.0533. The van der Waals surface area contributed by atoms with E-state index in [0.717, 1.165) is 24.1 Å². The van der Waals surface area contributed by atoms with Crippen LogP contribution in [0.2, 0.25) is 0 Å². The summed E-state index contributed by atoms with van der Waals surface area (Å²) in [6.45, 7) is 6.70. The first-order valence-corrected chi connectivity index (χ1v) is 7.72. The largest absolute Gasteiger partial charge is 0.339 e. The molecule has 1 aromatic carbocycles. The van der Waals surface area contributed by atoms with Crippen LogP contribution in [0, 0.1) is 12.8 Å². The van der Waals surface area contributed by atoms with Gasteiger partial charge in [-0.2, -0.15) is 0 Å². The Hall–Kier alpha value is -1.84. The number of amides is 2. The Morgan fingerprint density at radius 2 is 2.10 bits per heavy atom. The van der Waals surface area contributed by atoms with Gasteiger partial charge in [0.15, 0.2) is 0 Å². The maximum absolute atomic E-state index is 12.3. The maximum atomic E-state index is 12.3. The highest BCUT2D eigenvalue weighted by atomic mass is 16.2. The van der Waals surface area contributed by atoms with Crippen molar-refractivity contribution >= 4 is 17.5 Å². The van der Waals surface area contributed by atoms with Gasteiger partial charge in [0.2, 0.25) is 11.8 Å². The zero-order chi connectivity index (χ0) is 15.4. The third-order valence-electron chi connectivity index (χ3n) is 4.20. The summed E-state index contributed by atoms with van der Waals surface area (Å²) in [5.41, 5.74) is 1.90. The highest BCUT2D eigenvalue weighted by Gasteiger charge is 2.36. The van der Waals surface area contributed by atoms with Gasteiger partial charge in [0.25, 0.3) is 0 Å². The Kier molecular flexibility index (Phi) is 4.99. The van der Waals surface area contributed by atoms with Gasteiger partial charge in [-0.25, -0.2) is 0 Å². The topological polar surface area (TPSA) is 49.4 Å². The fourth-order valence-electron chi connectivity index (χ4n) is 2.96. The second-order valence-electron chi connectivity index (χ2n) is 5.78. The molecule has 1 fully saturated rings. The van der Waals surface area contributed by atoms with Crippen molar-refractivity contribution in [2.45, 2.75) is 46.1 Å². The molecule has 0 bridgehead atoms. The zero-order valence-electron chi connectivity index (χ0n) is 13.1. The first kappa shape index (κ1) is 15.5. The normalized spacial score (nSPS) is 18.4. The van der Waals surface area contributed by atoms with Crippen molar-refractivity contribution in [1.82, 2.24) is 4.90 Å². The molecule has 1 aliphatic heterocycles. The highest BCUT2D eigenvalue weighted by molar-refractivity contribution is 5.97. The van der Waals surface area contributed by atoms with Gasteiger partial charge in [-0.15, -0.1) is 0 Å². The third kappa shape index (κ3) is 3.63. The van der Waals surface area contributed by atoms with Crippen LogP contribution in [-0.4, -0.2) is 29.3 Å². The van der Waals surface area contributed by atoms with E-state index in [1.54, 1.807) is 0 Å². The minimum Gasteiger partial charge on any atom is -0.339 e. The molecule has 1 atom stereocenters. The monoisotopic (exact) mass is 288 g/mol. The van der Waals surface area contributed by atoms with E-state index in [1.807, 2.05) is 36.1 Å². The highest BCUT2D eigenvalue weighted by Crippen LogP contribution is 2.24. The van der Waals surface area contributed by atoms with E-state index >= 15 is 0 Å². The van der Waals surface area contributed by atoms with Crippen molar-refractivity contribution in [3.8, 4) is 0 Å². The quantitative estimate of drug-likeness (QED) is 0.905. The summed E-state index contributed by atoms with van der Waals surface area (Å²) in [6.07, 6.45) is 2.21. The molecule has 1 N–H and O–H groups in total. The molecular weight excluding hydrogens is 264 g/mol. The van der Waals surface area contributed by atoms with Crippen LogP contribution in [0.5, 0.6) is 0 Å². The lowest BCUT2D eigenvalue weighted by Gasteiger charge is -2.26. The molecule has 1 saturated heterocycles. The van der Waals surface area contributed by atoms with Crippen molar-refractivity contribution in [3.63, 3.8) is 0 Å². The van der Waals surface area contributed by atoms with Gasteiger partial charge in [0.05, 0.1) is 5.92 Å². The Morgan fingerprint density at radius 1 is 1.38 bits per heavy atom. The van der Waals surface area contributed by atoms with Crippen LogP contribution in [0.3, 0.4) is 0 Å². The van der Waals surface area contributed by atoms with Crippen LogP contribution < -0.4 is 5.32 Å². The standard InChI is InChI=1S/C17H24N2O2/c1-4-15(5-2)19-11-13(10-16(19)20)17(21)18-14-8-6-7-12(3)9-14/h6-9,13,15H,4-5,10-11H2,1-3H3,(H,18,21). The fourth-order valence-corrected chi connectivity index (χ4v) is 2.96. The van der Waals surface area contributed by atoms with E-state index < -0.39 is 0 Å². The van der Waals surface area contributed by atoms with Crippen molar-refractivity contribution in [2.75, 3.05) is 11.9 Å². The predicted octanol–water partition coefficient (Wildman–Crippen LogP) is 2.97. The molecule has 2 amide bonds. The molecular formula is C17H24N2O2. The van der Waals surface area contributed by atoms with Gasteiger partial charge in [-0.1, -0.05) is 26.0 Å². The summed E-state index contributed by atoms with van der Waals surface area (Å²) >= 11 is 0. The molecule has 21 heavy (non-hydrogen) atoms. The second-order valence-corrected chi connectivity index (χ2v) is 5.78. The van der Waals surface area contributed by atoms with Crippen LogP contribution in [-0.2, 0) is 9.59 Å². The van der Waals surface area contributed by atoms with Crippen molar-refractivity contribution < 1.29 is 9.59 Å². The fraction of sp³-hybridized carbons (Fsp3) is 0.529. The van der Waals surface area contributed by atoms with Gasteiger partial charge in [0, 0.05) is 24.7 Å². The summed E-state index contributed by atoms with van der Waals surface area (Å²) in [4.78, 5) is 26.3. The Bertz CT molecular complexity index is 523. The summed E-state index contributed by atoms with van der Waals surface area (Å²) in [6, 6.07) is 7.98. The zero-order valence-corrected chi connectivity index (χ0v) is 13.1. The van der Waals surface area contributed by atoms with Crippen LogP contribution >= 0.6 is 0 Å². The molecule has 114 valence electrons. The number of hydrogen-bond acceptors (Lipinski definition) is 2. The molecule has 0 saturated carbocycles. The number of carbonyl (C=O) groups is 2. The van der Waals surface area contributed by atoms with Crippen LogP contribution in [0.25, 0.3) is 0 Å². The Morgan fingerprint density at radius 3 is 2.71 bits per heavy atom. The second kappa shape index (κ2) is 6.74. The van der Waals surface area contributed by atoms with E-state index in [9.17, 15) is 9.59 Å². The van der Waals surface area contributed by atoms with Crippen LogP contribution in [0.15, 0.2) is 24.3 Å². The molecule has 0 radical (unpaired) electrons. The Labute approximate surface area is 126 Å². The first-order chi connectivity index (χ1) is 10.0. The lowest BCUT2D eigenvalue weighted by Crippen LogP contribution is -2.36. The number of hydrogen-bond donors (Lipinski definition) is 1. The lowest BCUT2D eigenvalue weighted by atomic mass is 10.1. The average Bonchev–Trinajstić information content (AvgIpc) is 2.83. The number of aryl methyl sites for hydroxylation is 1. The summed E-state index contributed by atoms with van der Waals surface area (Å²) in [5.74, 6) is -0.186. The molecule has 1 unspecified atom stereocenters. The predicted molar refractivity (Wildman–Crippen MR) is 84.0 cm³/mol. The summed E-state index contributed by atoms with van der Waals surface area (Å²) in [5, 5.41) is 2.92. The molecule has 1 aliphatic rings. The van der Waals surface area contributed by atoms with Crippen LogP contribution in [0.4, 0.5) is 5.69 Å². The molecule has 2 rings (SSSR count). The molecule has 1 heterocycles. The van der Waals surface area contributed by atoms with E-state index in [0.29, 0.717) is 13.0 Å². The smallest absolute Gasteiger partial charge is 0.229 e. The molecule has 4 heteroatoms. The van der Waals surface area contributed by atoms with Crippen molar-refractivity contribution in [3.05, 3.63) is 29.8 Å². The van der Waals surface area contributed by atoms with Gasteiger partial charge in [-0.3, -0.25) is 9.59 Å². The van der Waals surface area contributed by atoms with Gasteiger partial charge < -0.3 is 10.2 Å². The number of rotatable bonds is 5. The average molecular weight is 288 g/mol. The van der Waals surface area contributed by atoms with Crippen molar-refractivity contribution in [1.29, 1.82) is 0 Å². The molecule has 1 aromatic rings. The number of carbonyl (C=O) groups excluding carboxylic acids is 2. The number of benzene rings is 1. The number of anilines is 1. The minimum atomic E-state index is -0.237. The Balaban J connectivity index is 2.00. The number of likely N-dealkylation sites (tertiary alicyclic amines) is 1. The van der Waals surface area contributed by atoms with Gasteiger partial charge >= 0.3 is 0 Å².